The summed E-state index contributed by atoms with van der Waals surface area (Å²) in [6.07, 6.45) is 5.44. The van der Waals surface area contributed by atoms with E-state index in [0.29, 0.717) is 25.8 Å². The van der Waals surface area contributed by atoms with E-state index < -0.39 is 0 Å². The number of hydrogen-bond acceptors (Lipinski definition) is 3. The Morgan fingerprint density at radius 2 is 2.20 bits per heavy atom. The first-order valence-electron chi connectivity index (χ1n) is 6.75. The third-order valence-electron chi connectivity index (χ3n) is 2.93. The largest absolute Gasteiger partial charge is 0.396 e. The molecule has 0 aliphatic rings. The second kappa shape index (κ2) is 7.45. The number of benzene rings is 1. The number of unbranched alkanes of at least 4 members (excludes halogenated alkanes) is 1. The van der Waals surface area contributed by atoms with Gasteiger partial charge in [0, 0.05) is 31.1 Å². The monoisotopic (exact) mass is 273 g/mol. The number of nitrogens with one attached hydrogen (secondary N) is 1. The molecule has 0 aliphatic carbocycles. The van der Waals surface area contributed by atoms with Gasteiger partial charge in [-0.05, 0) is 36.6 Å². The van der Waals surface area contributed by atoms with E-state index in [1.807, 2.05) is 41.2 Å². The van der Waals surface area contributed by atoms with Crippen LogP contribution in [-0.4, -0.2) is 27.4 Å². The highest BCUT2D eigenvalue weighted by Crippen LogP contribution is 2.12. The molecule has 0 aliphatic heterocycles. The minimum atomic E-state index is -0.0188. The van der Waals surface area contributed by atoms with Crippen molar-refractivity contribution in [1.29, 1.82) is 0 Å². The molecule has 5 nitrogen and oxygen atoms in total. The van der Waals surface area contributed by atoms with Crippen LogP contribution in [0.1, 0.15) is 24.8 Å². The normalized spacial score (nSPS) is 10.4. The second-order valence-corrected chi connectivity index (χ2v) is 4.63. The average molecular weight is 273 g/mol. The van der Waals surface area contributed by atoms with Crippen molar-refractivity contribution in [2.24, 2.45) is 0 Å². The van der Waals surface area contributed by atoms with E-state index in [1.54, 1.807) is 6.20 Å². The standard InChI is InChI=1S/C15H19N3O2/c19-10-2-1-7-15(20)17-14-6-3-5-13(11-14)12-18-9-4-8-16-18/h3-6,8-9,11,19H,1-2,7,10,12H2,(H,17,20). The molecule has 0 atom stereocenters. The molecular weight excluding hydrogens is 254 g/mol. The molecule has 1 heterocycles. The Hall–Kier alpha value is -2.14. The molecule has 1 amide bonds. The Bertz CT molecular complexity index is 538. The lowest BCUT2D eigenvalue weighted by Crippen LogP contribution is -2.11. The summed E-state index contributed by atoms with van der Waals surface area (Å²) < 4.78 is 1.84. The summed E-state index contributed by atoms with van der Waals surface area (Å²) in [5, 5.41) is 15.7. The van der Waals surface area contributed by atoms with Crippen LogP contribution in [0.2, 0.25) is 0 Å². The van der Waals surface area contributed by atoms with Crippen LogP contribution < -0.4 is 5.32 Å². The van der Waals surface area contributed by atoms with Gasteiger partial charge in [-0.2, -0.15) is 5.10 Å². The van der Waals surface area contributed by atoms with Crippen LogP contribution in [0.25, 0.3) is 0 Å². The highest BCUT2D eigenvalue weighted by atomic mass is 16.3. The number of carbonyl (C=O) groups is 1. The average Bonchev–Trinajstić information content (AvgIpc) is 2.92. The Morgan fingerprint density at radius 3 is 2.95 bits per heavy atom. The maximum atomic E-state index is 11.7. The van der Waals surface area contributed by atoms with E-state index >= 15 is 0 Å². The highest BCUT2D eigenvalue weighted by molar-refractivity contribution is 5.90. The fraction of sp³-hybridized carbons (Fsp3) is 0.333. The number of anilines is 1. The van der Waals surface area contributed by atoms with E-state index in [-0.39, 0.29) is 12.5 Å². The van der Waals surface area contributed by atoms with Gasteiger partial charge in [0.1, 0.15) is 0 Å². The van der Waals surface area contributed by atoms with Crippen LogP contribution >= 0.6 is 0 Å². The summed E-state index contributed by atoms with van der Waals surface area (Å²) in [4.78, 5) is 11.7. The number of rotatable bonds is 7. The summed E-state index contributed by atoms with van der Waals surface area (Å²) in [5.74, 6) is -0.0188. The van der Waals surface area contributed by atoms with Crippen molar-refractivity contribution < 1.29 is 9.90 Å². The predicted molar refractivity (Wildman–Crippen MR) is 77.3 cm³/mol. The minimum Gasteiger partial charge on any atom is -0.396 e. The lowest BCUT2D eigenvalue weighted by atomic mass is 10.2. The first-order valence-corrected chi connectivity index (χ1v) is 6.75. The molecule has 0 fully saturated rings. The number of aliphatic hydroxyl groups excluding tert-OH is 1. The summed E-state index contributed by atoms with van der Waals surface area (Å²) >= 11 is 0. The topological polar surface area (TPSA) is 67.2 Å². The van der Waals surface area contributed by atoms with Gasteiger partial charge in [-0.1, -0.05) is 12.1 Å². The summed E-state index contributed by atoms with van der Waals surface area (Å²) in [6.45, 7) is 0.813. The second-order valence-electron chi connectivity index (χ2n) is 4.63. The lowest BCUT2D eigenvalue weighted by Gasteiger charge is -2.07. The molecule has 1 aromatic carbocycles. The van der Waals surface area contributed by atoms with Gasteiger partial charge in [0.2, 0.25) is 5.91 Å². The number of carbonyl (C=O) groups excluding carboxylic acids is 1. The van der Waals surface area contributed by atoms with Crippen molar-refractivity contribution in [2.45, 2.75) is 25.8 Å². The van der Waals surface area contributed by atoms with Crippen LogP contribution in [0.3, 0.4) is 0 Å². The van der Waals surface area contributed by atoms with Gasteiger partial charge in [-0.25, -0.2) is 0 Å². The molecule has 2 N–H and O–H groups in total. The smallest absolute Gasteiger partial charge is 0.224 e. The van der Waals surface area contributed by atoms with Crippen molar-refractivity contribution in [2.75, 3.05) is 11.9 Å². The van der Waals surface area contributed by atoms with Crippen molar-refractivity contribution in [1.82, 2.24) is 9.78 Å². The van der Waals surface area contributed by atoms with Gasteiger partial charge in [0.05, 0.1) is 6.54 Å². The van der Waals surface area contributed by atoms with Gasteiger partial charge in [-0.15, -0.1) is 0 Å². The van der Waals surface area contributed by atoms with Gasteiger partial charge >= 0.3 is 0 Å². The molecule has 0 saturated heterocycles. The third-order valence-corrected chi connectivity index (χ3v) is 2.93. The third kappa shape index (κ3) is 4.51. The molecule has 2 rings (SSSR count). The predicted octanol–water partition coefficient (Wildman–Crippen LogP) is 2.03. The molecule has 0 radical (unpaired) electrons. The zero-order valence-electron chi connectivity index (χ0n) is 11.3. The number of aromatic nitrogens is 2. The van der Waals surface area contributed by atoms with E-state index in [9.17, 15) is 4.79 Å². The first kappa shape index (κ1) is 14.3. The maximum absolute atomic E-state index is 11.7. The quantitative estimate of drug-likeness (QED) is 0.759. The Labute approximate surface area is 118 Å². The number of nitrogens with zero attached hydrogens (tertiary/aromatic N) is 2. The van der Waals surface area contributed by atoms with Crippen LogP contribution in [0.5, 0.6) is 0 Å². The Kier molecular flexibility index (Phi) is 5.32. The number of hydrogen-bond donors (Lipinski definition) is 2. The van der Waals surface area contributed by atoms with E-state index in [0.717, 1.165) is 11.3 Å². The van der Waals surface area contributed by atoms with Crippen molar-refractivity contribution in [3.05, 3.63) is 48.3 Å². The van der Waals surface area contributed by atoms with Gasteiger partial charge in [0.15, 0.2) is 0 Å². The molecule has 20 heavy (non-hydrogen) atoms. The first-order chi connectivity index (χ1) is 9.78. The van der Waals surface area contributed by atoms with E-state index in [1.165, 1.54) is 0 Å². The summed E-state index contributed by atoms with van der Waals surface area (Å²) in [7, 11) is 0. The molecule has 2 aromatic rings. The lowest BCUT2D eigenvalue weighted by molar-refractivity contribution is -0.116. The van der Waals surface area contributed by atoms with Crippen molar-refractivity contribution >= 4 is 11.6 Å². The Balaban J connectivity index is 1.90. The SMILES string of the molecule is O=C(CCCCO)Nc1cccc(Cn2cccn2)c1. The highest BCUT2D eigenvalue weighted by Gasteiger charge is 2.03. The number of amides is 1. The molecule has 1 aromatic heterocycles. The zero-order chi connectivity index (χ0) is 14.2. The van der Waals surface area contributed by atoms with E-state index in [4.69, 9.17) is 5.11 Å². The summed E-state index contributed by atoms with van der Waals surface area (Å²) in [6, 6.07) is 9.63. The van der Waals surface area contributed by atoms with Crippen LogP contribution in [-0.2, 0) is 11.3 Å². The van der Waals surface area contributed by atoms with Gasteiger partial charge < -0.3 is 10.4 Å². The number of aliphatic hydroxyl groups is 1. The fourth-order valence-corrected chi connectivity index (χ4v) is 1.95. The van der Waals surface area contributed by atoms with Crippen LogP contribution in [0, 0.1) is 0 Å². The maximum Gasteiger partial charge on any atom is 0.224 e. The van der Waals surface area contributed by atoms with E-state index in [2.05, 4.69) is 10.4 Å². The molecule has 0 unspecified atom stereocenters. The Morgan fingerprint density at radius 1 is 1.30 bits per heavy atom. The molecule has 0 bridgehead atoms. The molecule has 0 spiro atoms. The van der Waals surface area contributed by atoms with Gasteiger partial charge in [0.25, 0.3) is 0 Å². The van der Waals surface area contributed by atoms with Crippen molar-refractivity contribution in [3.63, 3.8) is 0 Å². The van der Waals surface area contributed by atoms with Gasteiger partial charge in [-0.3, -0.25) is 9.48 Å². The molecule has 106 valence electrons. The molecule has 5 heteroatoms. The minimum absolute atomic E-state index is 0.0188. The van der Waals surface area contributed by atoms with Crippen LogP contribution in [0.4, 0.5) is 5.69 Å². The molecular formula is C15H19N3O2. The molecule has 0 saturated carbocycles. The summed E-state index contributed by atoms with van der Waals surface area (Å²) in [5.41, 5.74) is 1.88. The van der Waals surface area contributed by atoms with Crippen LogP contribution in [0.15, 0.2) is 42.7 Å². The zero-order valence-corrected chi connectivity index (χ0v) is 11.3. The fourth-order valence-electron chi connectivity index (χ4n) is 1.95. The van der Waals surface area contributed by atoms with Crippen molar-refractivity contribution in [3.8, 4) is 0 Å².